The highest BCUT2D eigenvalue weighted by Crippen LogP contribution is 2.32. The molecule has 0 bridgehead atoms. The van der Waals surface area contributed by atoms with Gasteiger partial charge in [0.25, 0.3) is 6.71 Å². The third-order valence-corrected chi connectivity index (χ3v) is 4.77. The molecule has 0 atom stereocenters. The topological polar surface area (TPSA) is 82.3 Å². The van der Waals surface area contributed by atoms with E-state index < -0.39 is 0 Å². The maximum Gasteiger partial charge on any atom is 0.337 e. The molecule has 1 aromatic carbocycles. The number of carbonyl (C=O) groups excluding carboxylic acids is 1. The second kappa shape index (κ2) is 9.34. The summed E-state index contributed by atoms with van der Waals surface area (Å²) in [5.74, 6) is 2.49. The molecule has 2 aliphatic rings. The highest BCUT2D eigenvalue weighted by molar-refractivity contribution is 6.67. The maximum absolute atomic E-state index is 11.4. The molecule has 0 aromatic heterocycles. The van der Waals surface area contributed by atoms with Crippen molar-refractivity contribution >= 4 is 12.7 Å². The molecular formula is C18H25BN2O3. The minimum atomic E-state index is -0.361. The molecule has 3 rings (SSSR count). The first-order valence-electron chi connectivity index (χ1n) is 8.67. The zero-order chi connectivity index (χ0) is 17.4. The Labute approximate surface area is 144 Å². The average molecular weight is 328 g/mol. The molecule has 1 aromatic rings. The predicted molar refractivity (Wildman–Crippen MR) is 94.5 cm³/mol. The normalized spacial score (nSPS) is 17.6. The van der Waals surface area contributed by atoms with E-state index in [1.54, 1.807) is 18.2 Å². The van der Waals surface area contributed by atoms with E-state index in [1.807, 2.05) is 0 Å². The molecule has 0 amide bonds. The lowest BCUT2D eigenvalue weighted by atomic mass is 9.50. The third kappa shape index (κ3) is 5.00. The first kappa shape index (κ1) is 18.3. The quantitative estimate of drug-likeness (QED) is 0.644. The molecule has 5 nitrogen and oxygen atoms in total. The van der Waals surface area contributed by atoms with Gasteiger partial charge < -0.3 is 15.2 Å². The summed E-state index contributed by atoms with van der Waals surface area (Å²) in [4.78, 5) is 11.4. The lowest BCUT2D eigenvalue weighted by Gasteiger charge is -2.23. The SMILES string of the molecule is COC(=O)c1ccc(O)c(C2CCNCC2)c1.N#CB1CCCC1. The van der Waals surface area contributed by atoms with Crippen molar-refractivity contribution in [1.82, 2.24) is 5.32 Å². The van der Waals surface area contributed by atoms with Crippen molar-refractivity contribution in [3.05, 3.63) is 29.3 Å². The van der Waals surface area contributed by atoms with Crippen molar-refractivity contribution in [2.24, 2.45) is 0 Å². The number of phenolic OH excluding ortho intramolecular Hbond substituents is 1. The van der Waals surface area contributed by atoms with Crippen molar-refractivity contribution in [2.75, 3.05) is 20.2 Å². The van der Waals surface area contributed by atoms with E-state index in [0.717, 1.165) is 44.1 Å². The molecule has 2 saturated heterocycles. The zero-order valence-electron chi connectivity index (χ0n) is 14.3. The second-order valence-corrected chi connectivity index (χ2v) is 6.40. The molecule has 2 aliphatic heterocycles. The zero-order valence-corrected chi connectivity index (χ0v) is 14.3. The van der Waals surface area contributed by atoms with Gasteiger partial charge in [-0.05, 0) is 55.6 Å². The van der Waals surface area contributed by atoms with Crippen LogP contribution in [0.15, 0.2) is 18.2 Å². The van der Waals surface area contributed by atoms with Crippen molar-refractivity contribution in [2.45, 2.75) is 44.2 Å². The highest BCUT2D eigenvalue weighted by atomic mass is 16.5. The van der Waals surface area contributed by atoms with Gasteiger partial charge in [-0.1, -0.05) is 25.5 Å². The molecule has 6 heteroatoms. The summed E-state index contributed by atoms with van der Waals surface area (Å²) in [5, 5.41) is 21.5. The summed E-state index contributed by atoms with van der Waals surface area (Å²) >= 11 is 0. The number of esters is 1. The molecule has 2 fully saturated rings. The molecule has 0 saturated carbocycles. The van der Waals surface area contributed by atoms with Crippen LogP contribution in [0.4, 0.5) is 0 Å². The van der Waals surface area contributed by atoms with Gasteiger partial charge in [0.1, 0.15) is 5.75 Å². The predicted octanol–water partition coefficient (Wildman–Crippen LogP) is 2.98. The number of rotatable bonds is 2. The molecule has 0 unspecified atom stereocenters. The second-order valence-electron chi connectivity index (χ2n) is 6.40. The molecule has 0 aliphatic carbocycles. The third-order valence-electron chi connectivity index (χ3n) is 4.77. The fourth-order valence-corrected chi connectivity index (χ4v) is 3.31. The largest absolute Gasteiger partial charge is 0.508 e. The number of hydrogen-bond donors (Lipinski definition) is 2. The van der Waals surface area contributed by atoms with Gasteiger partial charge in [0.05, 0.1) is 12.7 Å². The van der Waals surface area contributed by atoms with Crippen LogP contribution in [0.3, 0.4) is 0 Å². The highest BCUT2D eigenvalue weighted by Gasteiger charge is 2.20. The Morgan fingerprint density at radius 2 is 2.00 bits per heavy atom. The van der Waals surface area contributed by atoms with Crippen LogP contribution in [0.5, 0.6) is 5.75 Å². The Hall–Kier alpha value is -2.00. The molecule has 2 N–H and O–H groups in total. The van der Waals surface area contributed by atoms with Crippen LogP contribution in [-0.2, 0) is 4.74 Å². The van der Waals surface area contributed by atoms with Crippen molar-refractivity contribution in [3.8, 4) is 11.7 Å². The van der Waals surface area contributed by atoms with Gasteiger partial charge in [-0.25, -0.2) is 10.1 Å². The number of ether oxygens (including phenoxy) is 1. The number of methoxy groups -OCH3 is 1. The van der Waals surface area contributed by atoms with Gasteiger partial charge in [-0.15, -0.1) is 0 Å². The van der Waals surface area contributed by atoms with Crippen LogP contribution < -0.4 is 5.32 Å². The number of carbonyl (C=O) groups is 1. The smallest absolute Gasteiger partial charge is 0.337 e. The molecule has 24 heavy (non-hydrogen) atoms. The maximum atomic E-state index is 11.4. The van der Waals surface area contributed by atoms with Crippen LogP contribution in [0.2, 0.25) is 12.6 Å². The van der Waals surface area contributed by atoms with E-state index in [1.165, 1.54) is 20.0 Å². The Balaban J connectivity index is 0.000000249. The van der Waals surface area contributed by atoms with E-state index in [0.29, 0.717) is 18.2 Å². The number of nitrogens with one attached hydrogen (secondary N) is 1. The van der Waals surface area contributed by atoms with Gasteiger partial charge >= 0.3 is 5.97 Å². The van der Waals surface area contributed by atoms with Crippen molar-refractivity contribution < 1.29 is 14.6 Å². The number of nitriles is 1. The Bertz CT molecular complexity index is 588. The fraction of sp³-hybridized carbons (Fsp3) is 0.556. The molecule has 2 heterocycles. The van der Waals surface area contributed by atoms with Crippen molar-refractivity contribution in [3.63, 3.8) is 0 Å². The minimum absolute atomic E-state index is 0.268. The number of phenols is 1. The van der Waals surface area contributed by atoms with Gasteiger partial charge in [-0.3, -0.25) is 0 Å². The van der Waals surface area contributed by atoms with Gasteiger partial charge in [-0.2, -0.15) is 0 Å². The molecule has 0 radical (unpaired) electrons. The number of hydrogen-bond acceptors (Lipinski definition) is 5. The summed E-state index contributed by atoms with van der Waals surface area (Å²) in [5.41, 5.74) is 1.35. The van der Waals surface area contributed by atoms with E-state index in [-0.39, 0.29) is 11.7 Å². The van der Waals surface area contributed by atoms with E-state index >= 15 is 0 Å². The summed E-state index contributed by atoms with van der Waals surface area (Å²) in [7, 11) is 1.36. The first-order chi connectivity index (χ1) is 11.7. The summed E-state index contributed by atoms with van der Waals surface area (Å²) in [6.07, 6.45) is 6.82. The Kier molecular flexibility index (Phi) is 7.14. The van der Waals surface area contributed by atoms with Crippen molar-refractivity contribution in [1.29, 1.82) is 5.26 Å². The fourth-order valence-electron chi connectivity index (χ4n) is 3.31. The monoisotopic (exact) mass is 328 g/mol. The minimum Gasteiger partial charge on any atom is -0.508 e. The van der Waals surface area contributed by atoms with Gasteiger partial charge in [0.15, 0.2) is 0 Å². The summed E-state index contributed by atoms with van der Waals surface area (Å²) in [6.45, 7) is 2.30. The molecular weight excluding hydrogens is 303 g/mol. The Morgan fingerprint density at radius 3 is 2.54 bits per heavy atom. The average Bonchev–Trinajstić information content (AvgIpc) is 3.16. The van der Waals surface area contributed by atoms with Crippen LogP contribution in [0.1, 0.15) is 47.5 Å². The number of benzene rings is 1. The number of piperidine rings is 1. The summed E-state index contributed by atoms with van der Waals surface area (Å²) in [6, 6.07) is 4.91. The summed E-state index contributed by atoms with van der Waals surface area (Å²) < 4.78 is 4.69. The number of aromatic hydroxyl groups is 1. The van der Waals surface area contributed by atoms with E-state index in [2.05, 4.69) is 16.0 Å². The lowest BCUT2D eigenvalue weighted by molar-refractivity contribution is 0.0600. The van der Waals surface area contributed by atoms with Gasteiger partial charge in [0.2, 0.25) is 0 Å². The lowest BCUT2D eigenvalue weighted by Crippen LogP contribution is -2.26. The van der Waals surface area contributed by atoms with E-state index in [4.69, 9.17) is 5.26 Å². The standard InChI is InChI=1S/C13H17NO3.C5H8BN/c1-17-13(16)10-2-3-12(15)11(8-10)9-4-6-14-7-5-9;7-5-6-3-1-2-4-6/h2-3,8-9,14-15H,4-7H2,1H3;1-4H2. The van der Waals surface area contributed by atoms with Crippen LogP contribution in [-0.4, -0.2) is 38.0 Å². The number of nitrogens with zero attached hydrogens (tertiary/aromatic N) is 1. The van der Waals surface area contributed by atoms with Crippen LogP contribution in [0.25, 0.3) is 0 Å². The van der Waals surface area contributed by atoms with Crippen LogP contribution >= 0.6 is 0 Å². The molecule has 128 valence electrons. The van der Waals surface area contributed by atoms with Crippen LogP contribution in [0, 0.1) is 11.2 Å². The van der Waals surface area contributed by atoms with E-state index in [9.17, 15) is 9.90 Å². The molecule has 0 spiro atoms. The first-order valence-corrected chi connectivity index (χ1v) is 8.67. The Morgan fingerprint density at radius 1 is 1.33 bits per heavy atom. The van der Waals surface area contributed by atoms with Gasteiger partial charge in [0, 0.05) is 5.97 Å².